The topological polar surface area (TPSA) is 102 Å². The van der Waals surface area contributed by atoms with Crippen LogP contribution < -0.4 is 10.6 Å². The van der Waals surface area contributed by atoms with E-state index in [0.29, 0.717) is 0 Å². The largest absolute Gasteiger partial charge is 0.452 e. The van der Waals surface area contributed by atoms with E-state index in [9.17, 15) is 14.4 Å². The van der Waals surface area contributed by atoms with Crippen LogP contribution in [-0.2, 0) is 14.3 Å². The molecule has 0 saturated heterocycles. The maximum Gasteiger partial charge on any atom is 0.331 e. The molecule has 0 bridgehead atoms. The van der Waals surface area contributed by atoms with Gasteiger partial charge < -0.3 is 10.1 Å². The lowest BCUT2D eigenvalue weighted by Gasteiger charge is -2.04. The highest BCUT2D eigenvalue weighted by molar-refractivity contribution is 7.13. The van der Waals surface area contributed by atoms with Crippen LogP contribution in [0.1, 0.15) is 5.56 Å². The van der Waals surface area contributed by atoms with Gasteiger partial charge in [0.1, 0.15) is 5.69 Å². The quantitative estimate of drug-likeness (QED) is 0.321. The number of carbonyl (C=O) groups excluding carboxylic acids is 3. The van der Waals surface area contributed by atoms with Crippen LogP contribution in [0.2, 0.25) is 0 Å². The van der Waals surface area contributed by atoms with Gasteiger partial charge in [-0.05, 0) is 29.7 Å². The first-order valence-electron chi connectivity index (χ1n) is 9.29. The van der Waals surface area contributed by atoms with E-state index in [0.717, 1.165) is 21.8 Å². The number of hydrogen-bond donors (Lipinski definition) is 2. The van der Waals surface area contributed by atoms with Crippen molar-refractivity contribution in [3.8, 4) is 16.3 Å². The van der Waals surface area contributed by atoms with Crippen LogP contribution in [0.25, 0.3) is 22.3 Å². The molecule has 0 atom stereocenters. The standard InChI is InChI=1S/C22H20N4O4S/c1-2-12-23-22(29)24-19(27)15-30-20(28)11-10-16-14-26(17-7-4-3-5-8-17)25-21(16)18-9-6-13-31-18/h2-11,13-14H,1,12,15H2,(H2,23,24,27,29)/b11-10+. The summed E-state index contributed by atoms with van der Waals surface area (Å²) in [6, 6.07) is 12.8. The van der Waals surface area contributed by atoms with Crippen molar-refractivity contribution >= 4 is 35.3 Å². The first-order chi connectivity index (χ1) is 15.1. The lowest BCUT2D eigenvalue weighted by atomic mass is 10.2. The van der Waals surface area contributed by atoms with Crippen molar-refractivity contribution < 1.29 is 19.1 Å². The third-order valence-electron chi connectivity index (χ3n) is 3.92. The Morgan fingerprint density at radius 1 is 1.16 bits per heavy atom. The molecule has 2 aromatic heterocycles. The fourth-order valence-electron chi connectivity index (χ4n) is 2.54. The summed E-state index contributed by atoms with van der Waals surface area (Å²) in [5, 5.41) is 11.0. The van der Waals surface area contributed by atoms with Crippen molar-refractivity contribution in [2.24, 2.45) is 0 Å². The fraction of sp³-hybridized carbons (Fsp3) is 0.0909. The smallest absolute Gasteiger partial charge is 0.331 e. The molecule has 31 heavy (non-hydrogen) atoms. The number of imide groups is 1. The molecule has 3 rings (SSSR count). The Hall–Kier alpha value is -3.98. The Bertz CT molecular complexity index is 1090. The zero-order valence-corrected chi connectivity index (χ0v) is 17.3. The molecular weight excluding hydrogens is 416 g/mol. The summed E-state index contributed by atoms with van der Waals surface area (Å²) in [5.74, 6) is -1.45. The molecule has 0 aliphatic carbocycles. The number of carbonyl (C=O) groups is 3. The molecule has 9 heteroatoms. The van der Waals surface area contributed by atoms with Gasteiger partial charge in [-0.25, -0.2) is 14.3 Å². The Kier molecular flexibility index (Phi) is 7.50. The molecule has 8 nitrogen and oxygen atoms in total. The second-order valence-corrected chi connectivity index (χ2v) is 7.13. The number of benzene rings is 1. The molecule has 158 valence electrons. The van der Waals surface area contributed by atoms with Crippen molar-refractivity contribution in [1.29, 1.82) is 0 Å². The zero-order valence-electron chi connectivity index (χ0n) is 16.5. The number of para-hydroxylation sites is 1. The average Bonchev–Trinajstić information content (AvgIpc) is 3.45. The number of thiophene rings is 1. The summed E-state index contributed by atoms with van der Waals surface area (Å²) in [6.45, 7) is 3.08. The monoisotopic (exact) mass is 436 g/mol. The molecule has 2 N–H and O–H groups in total. The lowest BCUT2D eigenvalue weighted by Crippen LogP contribution is -2.41. The van der Waals surface area contributed by atoms with Crippen molar-refractivity contribution in [2.75, 3.05) is 13.2 Å². The molecule has 3 aromatic rings. The minimum atomic E-state index is -0.737. The molecule has 0 fully saturated rings. The summed E-state index contributed by atoms with van der Waals surface area (Å²) in [7, 11) is 0. The second-order valence-electron chi connectivity index (χ2n) is 6.18. The van der Waals surface area contributed by atoms with Gasteiger partial charge in [-0.3, -0.25) is 10.1 Å². The van der Waals surface area contributed by atoms with E-state index in [-0.39, 0.29) is 6.54 Å². The molecule has 0 unspecified atom stereocenters. The van der Waals surface area contributed by atoms with Crippen molar-refractivity contribution in [1.82, 2.24) is 20.4 Å². The van der Waals surface area contributed by atoms with Gasteiger partial charge in [0.25, 0.3) is 5.91 Å². The number of esters is 1. The Morgan fingerprint density at radius 2 is 1.97 bits per heavy atom. The van der Waals surface area contributed by atoms with Crippen molar-refractivity contribution in [3.05, 3.63) is 78.3 Å². The zero-order chi connectivity index (χ0) is 22.1. The number of nitrogens with zero attached hydrogens (tertiary/aromatic N) is 2. The summed E-state index contributed by atoms with van der Waals surface area (Å²) in [5.41, 5.74) is 2.32. The second kappa shape index (κ2) is 10.7. The van der Waals surface area contributed by atoms with Gasteiger partial charge >= 0.3 is 12.0 Å². The Morgan fingerprint density at radius 3 is 2.68 bits per heavy atom. The van der Waals surface area contributed by atoms with Gasteiger partial charge in [-0.2, -0.15) is 5.10 Å². The van der Waals surface area contributed by atoms with Crippen molar-refractivity contribution in [2.45, 2.75) is 0 Å². The number of nitrogens with one attached hydrogen (secondary N) is 2. The predicted octanol–water partition coefficient (Wildman–Crippen LogP) is 3.17. The Balaban J connectivity index is 1.66. The highest BCUT2D eigenvalue weighted by Crippen LogP contribution is 2.28. The maximum absolute atomic E-state index is 12.0. The highest BCUT2D eigenvalue weighted by atomic mass is 32.1. The molecule has 3 amide bonds. The average molecular weight is 436 g/mol. The van der Waals surface area contributed by atoms with E-state index in [1.54, 1.807) is 10.8 Å². The molecule has 0 radical (unpaired) electrons. The van der Waals surface area contributed by atoms with E-state index in [1.807, 2.05) is 59.4 Å². The number of urea groups is 1. The van der Waals surface area contributed by atoms with E-state index in [1.165, 1.54) is 23.5 Å². The van der Waals surface area contributed by atoms with Gasteiger partial charge in [0.15, 0.2) is 6.61 Å². The summed E-state index contributed by atoms with van der Waals surface area (Å²) in [6.07, 6.45) is 6.08. The van der Waals surface area contributed by atoms with Crippen LogP contribution in [0.4, 0.5) is 4.79 Å². The summed E-state index contributed by atoms with van der Waals surface area (Å²) in [4.78, 5) is 36.0. The van der Waals surface area contributed by atoms with Gasteiger partial charge in [0.2, 0.25) is 0 Å². The van der Waals surface area contributed by atoms with Crippen LogP contribution in [0.3, 0.4) is 0 Å². The van der Waals surface area contributed by atoms with E-state index >= 15 is 0 Å². The van der Waals surface area contributed by atoms with Crippen LogP contribution in [0, 0.1) is 0 Å². The Labute approximate surface area is 182 Å². The van der Waals surface area contributed by atoms with Gasteiger partial charge in [0, 0.05) is 24.4 Å². The minimum Gasteiger partial charge on any atom is -0.452 e. The molecule has 0 spiro atoms. The summed E-state index contributed by atoms with van der Waals surface area (Å²) >= 11 is 1.54. The maximum atomic E-state index is 12.0. The van der Waals surface area contributed by atoms with Crippen LogP contribution in [-0.4, -0.2) is 40.8 Å². The van der Waals surface area contributed by atoms with E-state index < -0.39 is 24.5 Å². The third kappa shape index (κ3) is 6.25. The van der Waals surface area contributed by atoms with Crippen LogP contribution in [0.5, 0.6) is 0 Å². The molecule has 0 aliphatic rings. The van der Waals surface area contributed by atoms with E-state index in [4.69, 9.17) is 4.74 Å². The predicted molar refractivity (Wildman–Crippen MR) is 119 cm³/mol. The number of hydrogen-bond acceptors (Lipinski definition) is 6. The molecular formula is C22H20N4O4S. The normalized spacial score (nSPS) is 10.6. The summed E-state index contributed by atoms with van der Waals surface area (Å²) < 4.78 is 6.62. The van der Waals surface area contributed by atoms with E-state index in [2.05, 4.69) is 17.0 Å². The highest BCUT2D eigenvalue weighted by Gasteiger charge is 2.13. The fourth-order valence-corrected chi connectivity index (χ4v) is 3.27. The number of aromatic nitrogens is 2. The first kappa shape index (κ1) is 21.7. The van der Waals surface area contributed by atoms with Crippen molar-refractivity contribution in [3.63, 3.8) is 0 Å². The van der Waals surface area contributed by atoms with Gasteiger partial charge in [0.05, 0.1) is 10.6 Å². The van der Waals surface area contributed by atoms with Gasteiger partial charge in [-0.15, -0.1) is 17.9 Å². The lowest BCUT2D eigenvalue weighted by molar-refractivity contribution is -0.143. The number of amides is 3. The number of ether oxygens (including phenoxy) is 1. The SMILES string of the molecule is C=CCNC(=O)NC(=O)COC(=O)/C=C/c1cn(-c2ccccc2)nc1-c1cccs1. The van der Waals surface area contributed by atoms with Crippen LogP contribution in [0.15, 0.2) is 72.8 Å². The third-order valence-corrected chi connectivity index (χ3v) is 4.80. The molecule has 0 saturated carbocycles. The van der Waals surface area contributed by atoms with Crippen LogP contribution >= 0.6 is 11.3 Å². The molecule has 0 aliphatic heterocycles. The number of rotatable bonds is 8. The molecule has 2 heterocycles. The molecule has 1 aromatic carbocycles. The minimum absolute atomic E-state index is 0.213. The van der Waals surface area contributed by atoms with Gasteiger partial charge in [-0.1, -0.05) is 30.3 Å². The first-order valence-corrected chi connectivity index (χ1v) is 10.2.